The van der Waals surface area contributed by atoms with Crippen molar-refractivity contribution in [1.29, 1.82) is 0 Å². The van der Waals surface area contributed by atoms with Gasteiger partial charge in [-0.3, -0.25) is 0 Å². The van der Waals surface area contributed by atoms with Gasteiger partial charge in [0.05, 0.1) is 10.7 Å². The largest absolute Gasteiger partial charge is 0.313 e. The van der Waals surface area contributed by atoms with E-state index in [1.807, 2.05) is 7.05 Å². The minimum Gasteiger partial charge on any atom is -0.313 e. The van der Waals surface area contributed by atoms with Crippen molar-refractivity contribution >= 4 is 33.9 Å². The van der Waals surface area contributed by atoms with E-state index in [9.17, 15) is 0 Å². The highest BCUT2D eigenvalue weighted by Crippen LogP contribution is 2.26. The molecule has 1 aromatic heterocycles. The highest BCUT2D eigenvalue weighted by molar-refractivity contribution is 14.1. The number of aromatic nitrogens is 1. The Morgan fingerprint density at radius 2 is 2.06 bits per heavy atom. The monoisotopic (exact) mass is 372 g/mol. The number of rotatable bonds is 4. The molecule has 0 spiro atoms. The fourth-order valence-corrected chi connectivity index (χ4v) is 3.67. The van der Waals surface area contributed by atoms with Gasteiger partial charge in [0.15, 0.2) is 0 Å². The van der Waals surface area contributed by atoms with Crippen LogP contribution in [0.4, 0.5) is 0 Å². The first-order valence-corrected chi connectivity index (χ1v) is 7.86. The molecule has 18 heavy (non-hydrogen) atoms. The van der Waals surface area contributed by atoms with Crippen LogP contribution in [0.2, 0.25) is 0 Å². The first-order valence-electron chi connectivity index (χ1n) is 5.96. The normalized spacial score (nSPS) is 12.7. The second-order valence-corrected chi connectivity index (χ2v) is 6.77. The lowest BCUT2D eigenvalue weighted by Gasteiger charge is -2.16. The molecule has 0 saturated heterocycles. The van der Waals surface area contributed by atoms with Crippen molar-refractivity contribution in [1.82, 2.24) is 10.3 Å². The Bertz CT molecular complexity index is 517. The number of thiazole rings is 1. The summed E-state index contributed by atoms with van der Waals surface area (Å²) in [5.74, 6) is 0. The number of hydrogen-bond donors (Lipinski definition) is 1. The van der Waals surface area contributed by atoms with Gasteiger partial charge in [-0.05, 0) is 55.1 Å². The third-order valence-corrected chi connectivity index (χ3v) is 5.16. The zero-order valence-corrected chi connectivity index (χ0v) is 13.8. The summed E-state index contributed by atoms with van der Waals surface area (Å²) < 4.78 is 1.31. The first kappa shape index (κ1) is 14.0. The maximum absolute atomic E-state index is 4.63. The van der Waals surface area contributed by atoms with Gasteiger partial charge in [-0.1, -0.05) is 18.2 Å². The molecule has 4 heteroatoms. The van der Waals surface area contributed by atoms with Crippen LogP contribution < -0.4 is 5.32 Å². The van der Waals surface area contributed by atoms with Gasteiger partial charge in [0.25, 0.3) is 0 Å². The van der Waals surface area contributed by atoms with E-state index in [4.69, 9.17) is 0 Å². The van der Waals surface area contributed by atoms with E-state index < -0.39 is 0 Å². The summed E-state index contributed by atoms with van der Waals surface area (Å²) in [4.78, 5) is 5.95. The molecule has 0 bridgehead atoms. The maximum Gasteiger partial charge on any atom is 0.0949 e. The molecule has 1 N–H and O–H groups in total. The van der Waals surface area contributed by atoms with E-state index in [-0.39, 0.29) is 0 Å². The number of halogens is 1. The zero-order valence-electron chi connectivity index (χ0n) is 10.8. The Kier molecular flexibility index (Phi) is 4.75. The Labute approximate surface area is 126 Å². The minimum atomic E-state index is 0.336. The highest BCUT2D eigenvalue weighted by Gasteiger charge is 2.15. The second-order valence-electron chi connectivity index (χ2n) is 4.32. The zero-order chi connectivity index (χ0) is 13.1. The number of aryl methyl sites for hydroxylation is 2. The van der Waals surface area contributed by atoms with Gasteiger partial charge in [-0.25, -0.2) is 4.98 Å². The molecule has 2 aromatic rings. The van der Waals surface area contributed by atoms with E-state index in [2.05, 4.69) is 71.0 Å². The van der Waals surface area contributed by atoms with Crippen LogP contribution in [0.5, 0.6) is 0 Å². The van der Waals surface area contributed by atoms with Gasteiger partial charge in [0.1, 0.15) is 0 Å². The summed E-state index contributed by atoms with van der Waals surface area (Å²) in [7, 11) is 2.01. The van der Waals surface area contributed by atoms with Crippen LogP contribution in [-0.2, 0) is 6.42 Å². The van der Waals surface area contributed by atoms with Gasteiger partial charge >= 0.3 is 0 Å². The average Bonchev–Trinajstić information content (AvgIpc) is 2.66. The Morgan fingerprint density at radius 1 is 1.33 bits per heavy atom. The summed E-state index contributed by atoms with van der Waals surface area (Å²) in [5, 5.41) is 4.61. The van der Waals surface area contributed by atoms with E-state index in [1.165, 1.54) is 19.0 Å². The molecule has 1 aromatic carbocycles. The molecule has 0 aliphatic heterocycles. The van der Waals surface area contributed by atoms with Crippen molar-refractivity contribution in [3.8, 4) is 0 Å². The molecule has 1 unspecified atom stereocenters. The number of hydrogen-bond acceptors (Lipinski definition) is 3. The van der Waals surface area contributed by atoms with Crippen LogP contribution in [0.1, 0.15) is 27.2 Å². The maximum atomic E-state index is 4.63. The number of nitrogens with one attached hydrogen (secondary N) is 1. The molecule has 0 aliphatic carbocycles. The van der Waals surface area contributed by atoms with Gasteiger partial charge < -0.3 is 5.32 Å². The standard InChI is InChI=1S/C14H17IN2S/c1-9-10(2)18-14(17-9)8-13(16-3)11-6-4-5-7-12(11)15/h4-7,13,16H,8H2,1-3H3. The van der Waals surface area contributed by atoms with E-state index in [0.29, 0.717) is 6.04 Å². The molecule has 0 aliphatic rings. The van der Waals surface area contributed by atoms with Crippen molar-refractivity contribution in [3.63, 3.8) is 0 Å². The predicted octanol–water partition coefficient (Wildman–Crippen LogP) is 3.87. The minimum absolute atomic E-state index is 0.336. The van der Waals surface area contributed by atoms with Crippen LogP contribution in [0, 0.1) is 17.4 Å². The van der Waals surface area contributed by atoms with E-state index >= 15 is 0 Å². The quantitative estimate of drug-likeness (QED) is 0.825. The molecule has 0 fully saturated rings. The third-order valence-electron chi connectivity index (χ3n) is 3.08. The molecular weight excluding hydrogens is 355 g/mol. The van der Waals surface area contributed by atoms with E-state index in [1.54, 1.807) is 11.3 Å². The Balaban J connectivity index is 2.22. The van der Waals surface area contributed by atoms with Crippen LogP contribution in [0.3, 0.4) is 0 Å². The molecule has 0 amide bonds. The molecule has 2 nitrogen and oxygen atoms in total. The molecule has 2 rings (SSSR count). The van der Waals surface area contributed by atoms with Crippen LogP contribution >= 0.6 is 33.9 Å². The van der Waals surface area contributed by atoms with Gasteiger partial charge in [-0.15, -0.1) is 11.3 Å². The smallest absolute Gasteiger partial charge is 0.0949 e. The molecular formula is C14H17IN2S. The number of nitrogens with zero attached hydrogens (tertiary/aromatic N) is 1. The summed E-state index contributed by atoms with van der Waals surface area (Å²) in [6, 6.07) is 8.85. The molecule has 1 heterocycles. The highest BCUT2D eigenvalue weighted by atomic mass is 127. The Morgan fingerprint density at radius 3 is 2.61 bits per heavy atom. The fraction of sp³-hybridized carbons (Fsp3) is 0.357. The fourth-order valence-electron chi connectivity index (χ4n) is 1.93. The number of benzene rings is 1. The van der Waals surface area contributed by atoms with Crippen LogP contribution in [0.25, 0.3) is 0 Å². The van der Waals surface area contributed by atoms with Crippen molar-refractivity contribution in [2.45, 2.75) is 26.3 Å². The van der Waals surface area contributed by atoms with Crippen LogP contribution in [0.15, 0.2) is 24.3 Å². The van der Waals surface area contributed by atoms with Crippen molar-refractivity contribution in [2.75, 3.05) is 7.05 Å². The molecule has 1 atom stereocenters. The summed E-state index contributed by atoms with van der Waals surface area (Å²) in [5.41, 5.74) is 2.51. The summed E-state index contributed by atoms with van der Waals surface area (Å²) in [6.07, 6.45) is 0.954. The topological polar surface area (TPSA) is 24.9 Å². The van der Waals surface area contributed by atoms with Gasteiger partial charge in [0, 0.05) is 20.9 Å². The molecule has 0 saturated carbocycles. The summed E-state index contributed by atoms with van der Waals surface area (Å²) >= 11 is 4.20. The van der Waals surface area contributed by atoms with Crippen molar-refractivity contribution < 1.29 is 0 Å². The molecule has 96 valence electrons. The molecule has 0 radical (unpaired) electrons. The van der Waals surface area contributed by atoms with Gasteiger partial charge in [-0.2, -0.15) is 0 Å². The number of likely N-dealkylation sites (N-methyl/N-ethyl adjacent to an activating group) is 1. The van der Waals surface area contributed by atoms with Crippen LogP contribution in [-0.4, -0.2) is 12.0 Å². The first-order chi connectivity index (χ1) is 8.61. The lowest BCUT2D eigenvalue weighted by molar-refractivity contribution is 0.587. The third kappa shape index (κ3) is 3.10. The predicted molar refractivity (Wildman–Crippen MR) is 86.3 cm³/mol. The Hall–Kier alpha value is -0.460. The average molecular weight is 372 g/mol. The van der Waals surface area contributed by atoms with E-state index in [0.717, 1.165) is 12.1 Å². The van der Waals surface area contributed by atoms with Crippen molar-refractivity contribution in [2.24, 2.45) is 0 Å². The van der Waals surface area contributed by atoms with Gasteiger partial charge in [0.2, 0.25) is 0 Å². The SMILES string of the molecule is CNC(Cc1nc(C)c(C)s1)c1ccccc1I. The lowest BCUT2D eigenvalue weighted by atomic mass is 10.0. The van der Waals surface area contributed by atoms with Crippen molar-refractivity contribution in [3.05, 3.63) is 49.0 Å². The summed E-state index contributed by atoms with van der Waals surface area (Å²) in [6.45, 7) is 4.22. The second kappa shape index (κ2) is 6.12. The lowest BCUT2D eigenvalue weighted by Crippen LogP contribution is -2.19.